The molecule has 8 nitrogen and oxygen atoms in total. The number of hydrogen-bond acceptors (Lipinski definition) is 7. The summed E-state index contributed by atoms with van der Waals surface area (Å²) in [4.78, 5) is 7.50. The second-order valence-electron chi connectivity index (χ2n) is 5.46. The summed E-state index contributed by atoms with van der Waals surface area (Å²) >= 11 is 0. The molecule has 0 bridgehead atoms. The first-order valence-electron chi connectivity index (χ1n) is 7.61. The third-order valence-electron chi connectivity index (χ3n) is 3.58. The van der Waals surface area contributed by atoms with Gasteiger partial charge in [-0.15, -0.1) is 5.10 Å². The van der Waals surface area contributed by atoms with Gasteiger partial charge in [-0.1, -0.05) is 0 Å². The molecular weight excluding hydrogens is 391 g/mol. The SMILES string of the molecule is OC(C(F)F)C(c1ccc(Oc2ccc(C(F)(F)F)cn2)cn1)n1cnnn1. The Balaban J connectivity index is 1.78. The summed E-state index contributed by atoms with van der Waals surface area (Å²) in [5.41, 5.74) is -0.911. The van der Waals surface area contributed by atoms with Crippen LogP contribution in [0.2, 0.25) is 0 Å². The molecule has 3 aromatic rings. The zero-order chi connectivity index (χ0) is 20.3. The number of aliphatic hydroxyl groups is 1. The lowest BCUT2D eigenvalue weighted by atomic mass is 10.1. The Morgan fingerprint density at radius 3 is 2.32 bits per heavy atom. The van der Waals surface area contributed by atoms with Gasteiger partial charge in [0.15, 0.2) is 0 Å². The summed E-state index contributed by atoms with van der Waals surface area (Å²) in [6, 6.07) is 3.10. The zero-order valence-corrected chi connectivity index (χ0v) is 13.7. The van der Waals surface area contributed by atoms with Crippen LogP contribution in [0.1, 0.15) is 17.3 Å². The van der Waals surface area contributed by atoms with Gasteiger partial charge in [0, 0.05) is 12.3 Å². The molecule has 3 aromatic heterocycles. The third-order valence-corrected chi connectivity index (χ3v) is 3.58. The Bertz CT molecular complexity index is 887. The van der Waals surface area contributed by atoms with E-state index in [9.17, 15) is 27.1 Å². The van der Waals surface area contributed by atoms with Crippen molar-refractivity contribution in [2.24, 2.45) is 0 Å². The molecule has 0 spiro atoms. The molecule has 2 unspecified atom stereocenters. The van der Waals surface area contributed by atoms with Crippen molar-refractivity contribution < 1.29 is 31.8 Å². The summed E-state index contributed by atoms with van der Waals surface area (Å²) < 4.78 is 69.7. The van der Waals surface area contributed by atoms with E-state index in [2.05, 4.69) is 25.5 Å². The first-order chi connectivity index (χ1) is 13.3. The fraction of sp³-hybridized carbons (Fsp3) is 0.267. The van der Waals surface area contributed by atoms with Gasteiger partial charge >= 0.3 is 6.18 Å². The molecule has 28 heavy (non-hydrogen) atoms. The molecule has 3 heterocycles. The maximum atomic E-state index is 13.0. The average molecular weight is 402 g/mol. The maximum absolute atomic E-state index is 13.0. The molecule has 0 radical (unpaired) electrons. The molecule has 2 atom stereocenters. The van der Waals surface area contributed by atoms with Gasteiger partial charge in [-0.3, -0.25) is 4.98 Å². The number of rotatable bonds is 6. The van der Waals surface area contributed by atoms with E-state index in [0.717, 1.165) is 29.3 Å². The third kappa shape index (κ3) is 4.36. The van der Waals surface area contributed by atoms with Gasteiger partial charge in [0.25, 0.3) is 6.43 Å². The molecule has 13 heteroatoms. The van der Waals surface area contributed by atoms with E-state index in [0.29, 0.717) is 6.20 Å². The Morgan fingerprint density at radius 2 is 1.82 bits per heavy atom. The fourth-order valence-corrected chi connectivity index (χ4v) is 2.26. The van der Waals surface area contributed by atoms with Crippen LogP contribution in [0.4, 0.5) is 22.0 Å². The smallest absolute Gasteiger partial charge is 0.417 e. The molecule has 0 saturated heterocycles. The van der Waals surface area contributed by atoms with E-state index in [4.69, 9.17) is 4.74 Å². The van der Waals surface area contributed by atoms with E-state index < -0.39 is 30.3 Å². The van der Waals surface area contributed by atoms with Crippen LogP contribution in [0.5, 0.6) is 11.6 Å². The highest BCUT2D eigenvalue weighted by Crippen LogP contribution is 2.30. The predicted molar refractivity (Wildman–Crippen MR) is 81.5 cm³/mol. The van der Waals surface area contributed by atoms with E-state index >= 15 is 0 Å². The summed E-state index contributed by atoms with van der Waals surface area (Å²) in [7, 11) is 0. The number of ether oxygens (including phenoxy) is 1. The first kappa shape index (κ1) is 19.5. The molecule has 3 rings (SSSR count). The van der Waals surface area contributed by atoms with Crippen molar-refractivity contribution in [3.63, 3.8) is 0 Å². The van der Waals surface area contributed by atoms with Crippen LogP contribution < -0.4 is 4.74 Å². The largest absolute Gasteiger partial charge is 0.437 e. The minimum atomic E-state index is -4.52. The van der Waals surface area contributed by atoms with Crippen LogP contribution in [-0.4, -0.2) is 47.8 Å². The summed E-state index contributed by atoms with van der Waals surface area (Å²) in [6.45, 7) is 0. The Labute approximate surface area is 153 Å². The number of aliphatic hydroxyl groups excluding tert-OH is 1. The van der Waals surface area contributed by atoms with Gasteiger partial charge in [0.1, 0.15) is 24.2 Å². The second-order valence-corrected chi connectivity index (χ2v) is 5.46. The van der Waals surface area contributed by atoms with Gasteiger partial charge in [-0.05, 0) is 28.6 Å². The fourth-order valence-electron chi connectivity index (χ4n) is 2.26. The molecule has 0 fully saturated rings. The number of tetrazole rings is 1. The van der Waals surface area contributed by atoms with Gasteiger partial charge in [0.05, 0.1) is 17.5 Å². The number of hydrogen-bond donors (Lipinski definition) is 1. The van der Waals surface area contributed by atoms with E-state index in [-0.39, 0.29) is 17.3 Å². The highest BCUT2D eigenvalue weighted by molar-refractivity contribution is 5.28. The molecule has 0 aliphatic carbocycles. The van der Waals surface area contributed by atoms with Crippen molar-refractivity contribution in [3.05, 3.63) is 54.2 Å². The maximum Gasteiger partial charge on any atom is 0.417 e. The lowest BCUT2D eigenvalue weighted by Gasteiger charge is -2.21. The molecule has 1 N–H and O–H groups in total. The molecule has 148 valence electrons. The summed E-state index contributed by atoms with van der Waals surface area (Å²) in [6.07, 6.45) is -6.92. The minimum absolute atomic E-state index is 0.0211. The Hall–Kier alpha value is -3.22. The lowest BCUT2D eigenvalue weighted by Crippen LogP contribution is -2.32. The predicted octanol–water partition coefficient (Wildman–Crippen LogP) is 2.49. The monoisotopic (exact) mass is 402 g/mol. The normalized spacial score (nSPS) is 14.1. The van der Waals surface area contributed by atoms with E-state index in [1.165, 1.54) is 12.1 Å². The molecular formula is C15H11F5N6O2. The number of alkyl halides is 5. The molecule has 0 aliphatic heterocycles. The Kier molecular flexibility index (Phi) is 5.44. The van der Waals surface area contributed by atoms with E-state index in [1.54, 1.807) is 0 Å². The van der Waals surface area contributed by atoms with Crippen LogP contribution in [0, 0.1) is 0 Å². The Morgan fingerprint density at radius 1 is 1.04 bits per heavy atom. The van der Waals surface area contributed by atoms with Crippen molar-refractivity contribution in [1.29, 1.82) is 0 Å². The zero-order valence-electron chi connectivity index (χ0n) is 13.7. The standard InChI is InChI=1S/C15H11F5N6O2/c16-14(17)13(27)12(26-7-23-24-25-26)10-3-2-9(6-21-10)28-11-4-1-8(5-22-11)15(18,19)20/h1-7,12-14,27H. The topological polar surface area (TPSA) is 98.8 Å². The first-order valence-corrected chi connectivity index (χ1v) is 7.61. The summed E-state index contributed by atoms with van der Waals surface area (Å²) in [5.74, 6) is -0.0230. The van der Waals surface area contributed by atoms with Gasteiger partial charge < -0.3 is 9.84 Å². The number of pyridine rings is 2. The number of aromatic nitrogens is 6. The van der Waals surface area contributed by atoms with Crippen molar-refractivity contribution in [1.82, 2.24) is 30.2 Å². The molecule has 0 aliphatic rings. The molecule has 0 aromatic carbocycles. The average Bonchev–Trinajstić information content (AvgIpc) is 3.17. The van der Waals surface area contributed by atoms with E-state index in [1.807, 2.05) is 0 Å². The van der Waals surface area contributed by atoms with Crippen molar-refractivity contribution in [2.75, 3.05) is 0 Å². The van der Waals surface area contributed by atoms with Crippen molar-refractivity contribution >= 4 is 0 Å². The lowest BCUT2D eigenvalue weighted by molar-refractivity contribution is -0.137. The van der Waals surface area contributed by atoms with Crippen LogP contribution >= 0.6 is 0 Å². The van der Waals surface area contributed by atoms with Crippen LogP contribution in [0.15, 0.2) is 43.0 Å². The van der Waals surface area contributed by atoms with Crippen LogP contribution in [0.3, 0.4) is 0 Å². The molecule has 0 amide bonds. The van der Waals surface area contributed by atoms with Crippen molar-refractivity contribution in [2.45, 2.75) is 24.7 Å². The highest BCUT2D eigenvalue weighted by Gasteiger charge is 2.33. The van der Waals surface area contributed by atoms with Crippen LogP contribution in [0.25, 0.3) is 0 Å². The second kappa shape index (κ2) is 7.80. The van der Waals surface area contributed by atoms with Crippen molar-refractivity contribution in [3.8, 4) is 11.6 Å². The number of halogens is 5. The quantitative estimate of drug-likeness (QED) is 0.633. The van der Waals surface area contributed by atoms with Gasteiger partial charge in [0.2, 0.25) is 5.88 Å². The minimum Gasteiger partial charge on any atom is -0.437 e. The van der Waals surface area contributed by atoms with Gasteiger partial charge in [-0.25, -0.2) is 18.4 Å². The highest BCUT2D eigenvalue weighted by atomic mass is 19.4. The summed E-state index contributed by atoms with van der Waals surface area (Å²) in [5, 5.41) is 20.0. The van der Waals surface area contributed by atoms with Crippen LogP contribution in [-0.2, 0) is 6.18 Å². The number of nitrogens with zero attached hydrogens (tertiary/aromatic N) is 6. The van der Waals surface area contributed by atoms with Gasteiger partial charge in [-0.2, -0.15) is 13.2 Å². The molecule has 0 saturated carbocycles.